The van der Waals surface area contributed by atoms with Crippen molar-refractivity contribution >= 4 is 17.5 Å². The number of amides is 1. The number of hydrogen-bond donors (Lipinski definition) is 2. The van der Waals surface area contributed by atoms with Crippen molar-refractivity contribution in [1.29, 1.82) is 0 Å². The highest BCUT2D eigenvalue weighted by molar-refractivity contribution is 6.30. The minimum absolute atomic E-state index is 0.115. The molecule has 1 amide bonds. The van der Waals surface area contributed by atoms with Crippen molar-refractivity contribution in [1.82, 2.24) is 20.4 Å². The lowest BCUT2D eigenvalue weighted by atomic mass is 10.0. The summed E-state index contributed by atoms with van der Waals surface area (Å²) in [4.78, 5) is 14.8. The molecule has 3 rings (SSSR count). The maximum atomic E-state index is 12.3. The van der Waals surface area contributed by atoms with E-state index in [0.29, 0.717) is 13.0 Å². The highest BCUT2D eigenvalue weighted by Gasteiger charge is 2.22. The number of benzene rings is 1. The summed E-state index contributed by atoms with van der Waals surface area (Å²) >= 11 is 6.04. The van der Waals surface area contributed by atoms with Crippen molar-refractivity contribution in [3.63, 3.8) is 0 Å². The average Bonchev–Trinajstić information content (AvgIpc) is 3.18. The van der Waals surface area contributed by atoms with Gasteiger partial charge < -0.3 is 5.32 Å². The van der Waals surface area contributed by atoms with Gasteiger partial charge in [0.2, 0.25) is 5.91 Å². The maximum absolute atomic E-state index is 12.3. The van der Waals surface area contributed by atoms with Crippen molar-refractivity contribution in [2.24, 2.45) is 0 Å². The van der Waals surface area contributed by atoms with Crippen molar-refractivity contribution in [3.05, 3.63) is 52.8 Å². The summed E-state index contributed by atoms with van der Waals surface area (Å²) < 4.78 is 0. The molecule has 2 N–H and O–H groups in total. The second kappa shape index (κ2) is 9.74. The van der Waals surface area contributed by atoms with Crippen LogP contribution in [0.15, 0.2) is 36.7 Å². The predicted octanol–water partition coefficient (Wildman–Crippen LogP) is 3.73. The summed E-state index contributed by atoms with van der Waals surface area (Å²) in [6.45, 7) is 2.82. The molecule has 1 aliphatic heterocycles. The highest BCUT2D eigenvalue weighted by Crippen LogP contribution is 2.25. The van der Waals surface area contributed by atoms with Crippen LogP contribution in [0.3, 0.4) is 0 Å². The van der Waals surface area contributed by atoms with Gasteiger partial charge in [0.15, 0.2) is 0 Å². The van der Waals surface area contributed by atoms with E-state index >= 15 is 0 Å². The molecule has 0 aliphatic carbocycles. The van der Waals surface area contributed by atoms with Gasteiger partial charge in [-0.2, -0.15) is 5.10 Å². The summed E-state index contributed by atoms with van der Waals surface area (Å²) in [5.74, 6) is 0.115. The Morgan fingerprint density at radius 2 is 2.00 bits per heavy atom. The van der Waals surface area contributed by atoms with E-state index in [1.54, 1.807) is 0 Å². The van der Waals surface area contributed by atoms with Crippen LogP contribution in [0.1, 0.15) is 49.3 Å². The summed E-state index contributed by atoms with van der Waals surface area (Å²) in [5.41, 5.74) is 2.36. The van der Waals surface area contributed by atoms with Crippen LogP contribution in [0.25, 0.3) is 0 Å². The van der Waals surface area contributed by atoms with E-state index in [4.69, 9.17) is 11.6 Å². The SMILES string of the molecule is O=C(CCCc1cn[nH]c1)NC[C@H](c1ccc(Cl)cc1)N1CCCCC1. The van der Waals surface area contributed by atoms with Gasteiger partial charge in [-0.05, 0) is 62.0 Å². The van der Waals surface area contributed by atoms with Crippen molar-refractivity contribution in [3.8, 4) is 0 Å². The van der Waals surface area contributed by atoms with Crippen LogP contribution in [-0.4, -0.2) is 40.6 Å². The Labute approximate surface area is 160 Å². The minimum atomic E-state index is 0.115. The summed E-state index contributed by atoms with van der Waals surface area (Å²) in [7, 11) is 0. The highest BCUT2D eigenvalue weighted by atomic mass is 35.5. The number of rotatable bonds is 8. The number of aryl methyl sites for hydroxylation is 1. The van der Waals surface area contributed by atoms with Gasteiger partial charge in [0, 0.05) is 24.2 Å². The van der Waals surface area contributed by atoms with E-state index in [0.717, 1.165) is 36.5 Å². The molecule has 1 atom stereocenters. The van der Waals surface area contributed by atoms with Gasteiger partial charge in [-0.15, -0.1) is 0 Å². The Morgan fingerprint density at radius 1 is 1.23 bits per heavy atom. The van der Waals surface area contributed by atoms with Gasteiger partial charge in [-0.25, -0.2) is 0 Å². The molecule has 0 unspecified atom stereocenters. The van der Waals surface area contributed by atoms with Crippen molar-refractivity contribution in [2.75, 3.05) is 19.6 Å². The lowest BCUT2D eigenvalue weighted by molar-refractivity contribution is -0.121. The molecule has 1 saturated heterocycles. The van der Waals surface area contributed by atoms with E-state index in [-0.39, 0.29) is 11.9 Å². The van der Waals surface area contributed by atoms with Crippen LogP contribution in [-0.2, 0) is 11.2 Å². The van der Waals surface area contributed by atoms with Gasteiger partial charge in [0.25, 0.3) is 0 Å². The first-order valence-corrected chi connectivity index (χ1v) is 9.84. The van der Waals surface area contributed by atoms with Crippen LogP contribution in [0.4, 0.5) is 0 Å². The summed E-state index contributed by atoms with van der Waals surface area (Å²) in [5, 5.41) is 10.6. The van der Waals surface area contributed by atoms with Crippen molar-refractivity contribution in [2.45, 2.75) is 44.6 Å². The Kier molecular flexibility index (Phi) is 7.09. The molecule has 2 heterocycles. The number of nitrogens with zero attached hydrogens (tertiary/aromatic N) is 2. The molecule has 1 aromatic heterocycles. The Bertz CT molecular complexity index is 666. The monoisotopic (exact) mass is 374 g/mol. The lowest BCUT2D eigenvalue weighted by Crippen LogP contribution is -2.40. The molecule has 5 nitrogen and oxygen atoms in total. The van der Waals surface area contributed by atoms with Gasteiger partial charge in [0.1, 0.15) is 0 Å². The van der Waals surface area contributed by atoms with E-state index in [1.807, 2.05) is 24.5 Å². The zero-order valence-electron chi connectivity index (χ0n) is 15.1. The number of halogens is 1. The number of H-pyrrole nitrogens is 1. The molecular weight excluding hydrogens is 348 g/mol. The van der Waals surface area contributed by atoms with Gasteiger partial charge in [-0.1, -0.05) is 30.2 Å². The first-order chi connectivity index (χ1) is 12.7. The second-order valence-corrected chi connectivity index (χ2v) is 7.36. The number of nitrogens with one attached hydrogen (secondary N) is 2. The zero-order chi connectivity index (χ0) is 18.2. The Morgan fingerprint density at radius 3 is 2.69 bits per heavy atom. The van der Waals surface area contributed by atoms with Gasteiger partial charge >= 0.3 is 0 Å². The predicted molar refractivity (Wildman–Crippen MR) is 104 cm³/mol. The molecule has 0 saturated carbocycles. The molecule has 1 aromatic carbocycles. The first kappa shape index (κ1) is 18.9. The molecule has 0 radical (unpaired) electrons. The van der Waals surface area contributed by atoms with Gasteiger partial charge in [0.05, 0.1) is 12.2 Å². The molecule has 0 spiro atoms. The fraction of sp³-hybridized carbons (Fsp3) is 0.500. The Hall–Kier alpha value is -1.85. The normalized spacial score (nSPS) is 16.3. The molecule has 2 aromatic rings. The van der Waals surface area contributed by atoms with Crippen LogP contribution < -0.4 is 5.32 Å². The zero-order valence-corrected chi connectivity index (χ0v) is 15.8. The number of aromatic amines is 1. The quantitative estimate of drug-likeness (QED) is 0.740. The standard InChI is InChI=1S/C20H27ClN4O/c21-18-9-7-17(8-10-18)19(25-11-2-1-3-12-25)15-22-20(26)6-4-5-16-13-23-24-14-16/h7-10,13-14,19H,1-6,11-12,15H2,(H,22,26)(H,23,24)/t19-/m1/s1. The number of aromatic nitrogens is 2. The van der Waals surface area contributed by atoms with Crippen LogP contribution in [0.5, 0.6) is 0 Å². The first-order valence-electron chi connectivity index (χ1n) is 9.46. The number of carbonyl (C=O) groups excluding carboxylic acids is 1. The van der Waals surface area contributed by atoms with Crippen LogP contribution in [0, 0.1) is 0 Å². The molecule has 6 heteroatoms. The smallest absolute Gasteiger partial charge is 0.220 e. The fourth-order valence-corrected chi connectivity index (χ4v) is 3.67. The fourth-order valence-electron chi connectivity index (χ4n) is 3.54. The average molecular weight is 375 g/mol. The number of likely N-dealkylation sites (tertiary alicyclic amines) is 1. The third-order valence-electron chi connectivity index (χ3n) is 5.00. The number of carbonyl (C=O) groups is 1. The molecule has 0 bridgehead atoms. The third-order valence-corrected chi connectivity index (χ3v) is 5.25. The van der Waals surface area contributed by atoms with E-state index in [1.165, 1.54) is 24.8 Å². The minimum Gasteiger partial charge on any atom is -0.354 e. The Balaban J connectivity index is 1.53. The third kappa shape index (κ3) is 5.58. The van der Waals surface area contributed by atoms with Crippen molar-refractivity contribution < 1.29 is 4.79 Å². The van der Waals surface area contributed by atoms with Crippen LogP contribution >= 0.6 is 11.6 Å². The second-order valence-electron chi connectivity index (χ2n) is 6.93. The molecule has 26 heavy (non-hydrogen) atoms. The van der Waals surface area contributed by atoms with E-state index in [2.05, 4.69) is 32.5 Å². The number of hydrogen-bond acceptors (Lipinski definition) is 3. The molecule has 1 aliphatic rings. The van der Waals surface area contributed by atoms with E-state index in [9.17, 15) is 4.79 Å². The molecule has 140 valence electrons. The largest absolute Gasteiger partial charge is 0.354 e. The van der Waals surface area contributed by atoms with E-state index < -0.39 is 0 Å². The van der Waals surface area contributed by atoms with Gasteiger partial charge in [-0.3, -0.25) is 14.8 Å². The summed E-state index contributed by atoms with van der Waals surface area (Å²) in [6.07, 6.45) is 9.68. The van der Waals surface area contributed by atoms with Crippen LogP contribution in [0.2, 0.25) is 5.02 Å². The topological polar surface area (TPSA) is 61.0 Å². The lowest BCUT2D eigenvalue weighted by Gasteiger charge is -2.35. The maximum Gasteiger partial charge on any atom is 0.220 e. The summed E-state index contributed by atoms with van der Waals surface area (Å²) in [6, 6.07) is 8.23. The molecular formula is C20H27ClN4O. The number of piperidine rings is 1. The molecule has 1 fully saturated rings.